The van der Waals surface area contributed by atoms with Crippen molar-refractivity contribution in [2.24, 2.45) is 5.92 Å². The second-order valence-electron chi connectivity index (χ2n) is 10.8. The van der Waals surface area contributed by atoms with Crippen LogP contribution in [0.4, 0.5) is 0 Å². The molecule has 0 N–H and O–H groups in total. The van der Waals surface area contributed by atoms with Crippen molar-refractivity contribution in [3.05, 3.63) is 29.8 Å². The predicted molar refractivity (Wildman–Crippen MR) is 133 cm³/mol. The summed E-state index contributed by atoms with van der Waals surface area (Å²) in [4.78, 5) is 33.1. The van der Waals surface area contributed by atoms with Gasteiger partial charge in [0.25, 0.3) is 5.91 Å². The van der Waals surface area contributed by atoms with Crippen LogP contribution in [0.2, 0.25) is 0 Å². The van der Waals surface area contributed by atoms with Gasteiger partial charge in [-0.1, -0.05) is 25.0 Å². The van der Waals surface area contributed by atoms with Crippen molar-refractivity contribution < 1.29 is 14.3 Å². The van der Waals surface area contributed by atoms with Crippen LogP contribution in [-0.2, 0) is 4.79 Å². The highest BCUT2D eigenvalue weighted by Gasteiger charge is 2.40. The number of piperidine rings is 2. The Labute approximate surface area is 204 Å². The van der Waals surface area contributed by atoms with Gasteiger partial charge in [0.15, 0.2) is 0 Å². The topological polar surface area (TPSA) is 53.1 Å². The molecule has 4 aliphatic rings. The Morgan fingerprint density at radius 1 is 0.853 bits per heavy atom. The van der Waals surface area contributed by atoms with Gasteiger partial charge in [-0.3, -0.25) is 9.59 Å². The number of ether oxygens (including phenoxy) is 1. The van der Waals surface area contributed by atoms with Crippen LogP contribution in [0.3, 0.4) is 0 Å². The van der Waals surface area contributed by atoms with Crippen LogP contribution in [0.1, 0.15) is 81.0 Å². The van der Waals surface area contributed by atoms with E-state index in [0.29, 0.717) is 35.3 Å². The fourth-order valence-electron chi connectivity index (χ4n) is 7.15. The maximum Gasteiger partial charge on any atom is 0.257 e. The van der Waals surface area contributed by atoms with E-state index in [0.717, 1.165) is 70.6 Å². The average molecular weight is 468 g/mol. The molecule has 2 amide bonds. The van der Waals surface area contributed by atoms with Gasteiger partial charge in [-0.15, -0.1) is 0 Å². The molecular weight excluding hydrogens is 426 g/mol. The van der Waals surface area contributed by atoms with Crippen LogP contribution >= 0.6 is 0 Å². The number of fused-ring (bicyclic) bond motifs is 1. The van der Waals surface area contributed by atoms with E-state index in [9.17, 15) is 9.59 Å². The highest BCUT2D eigenvalue weighted by atomic mass is 16.5. The number of carbonyl (C=O) groups is 2. The summed E-state index contributed by atoms with van der Waals surface area (Å²) in [6.45, 7) is 3.76. The number of rotatable bonds is 4. The van der Waals surface area contributed by atoms with Gasteiger partial charge in [-0.05, 0) is 69.4 Å². The highest BCUT2D eigenvalue weighted by Crippen LogP contribution is 2.38. The van der Waals surface area contributed by atoms with E-state index in [4.69, 9.17) is 4.74 Å². The minimum atomic E-state index is 0.0799. The van der Waals surface area contributed by atoms with Crippen LogP contribution in [0.25, 0.3) is 0 Å². The summed E-state index contributed by atoms with van der Waals surface area (Å²) in [6.07, 6.45) is 12.5. The fourth-order valence-corrected chi connectivity index (χ4v) is 7.15. The molecule has 6 nitrogen and oxygen atoms in total. The standard InChI is InChI=1S/C28H41N3O3/c1-34-26-11-5-3-9-24(26)28(33)30-19-13-22(14-20-30)29-17-15-23(16-18-29)31-25-10-4-2-7-21(25)8-6-12-27(31)32/h3,5,9,11,21-23,25H,2,4,6-8,10,12-20H2,1H3/t21-,25+/m0/s1. The van der Waals surface area contributed by atoms with E-state index in [1.54, 1.807) is 7.11 Å². The van der Waals surface area contributed by atoms with Gasteiger partial charge in [0.2, 0.25) is 5.91 Å². The Kier molecular flexibility index (Phi) is 7.43. The first-order chi connectivity index (χ1) is 16.7. The lowest BCUT2D eigenvalue weighted by Gasteiger charge is -2.47. The summed E-state index contributed by atoms with van der Waals surface area (Å²) in [5.74, 6) is 1.90. The zero-order chi connectivity index (χ0) is 23.5. The van der Waals surface area contributed by atoms with Gasteiger partial charge >= 0.3 is 0 Å². The van der Waals surface area contributed by atoms with Crippen LogP contribution in [0.5, 0.6) is 5.75 Å². The van der Waals surface area contributed by atoms with Crippen molar-refractivity contribution in [2.75, 3.05) is 33.3 Å². The molecule has 3 saturated heterocycles. The van der Waals surface area contributed by atoms with E-state index >= 15 is 0 Å². The molecule has 0 spiro atoms. The molecule has 5 rings (SSSR count). The molecular formula is C28H41N3O3. The molecule has 3 heterocycles. The number of carbonyl (C=O) groups excluding carboxylic acids is 2. The van der Waals surface area contributed by atoms with Crippen LogP contribution in [-0.4, -0.2) is 77.9 Å². The molecule has 1 aromatic rings. The van der Waals surface area contributed by atoms with Crippen molar-refractivity contribution in [3.63, 3.8) is 0 Å². The monoisotopic (exact) mass is 467 g/mol. The molecule has 0 unspecified atom stereocenters. The van der Waals surface area contributed by atoms with E-state index in [1.807, 2.05) is 29.2 Å². The Balaban J connectivity index is 1.15. The molecule has 3 aliphatic heterocycles. The Morgan fingerprint density at radius 3 is 2.29 bits per heavy atom. The third-order valence-corrected chi connectivity index (χ3v) is 8.98. The number of amides is 2. The summed E-state index contributed by atoms with van der Waals surface area (Å²) in [5, 5.41) is 0. The van der Waals surface area contributed by atoms with Crippen molar-refractivity contribution in [3.8, 4) is 5.75 Å². The number of hydrogen-bond donors (Lipinski definition) is 0. The zero-order valence-corrected chi connectivity index (χ0v) is 20.8. The first-order valence-corrected chi connectivity index (χ1v) is 13.6. The quantitative estimate of drug-likeness (QED) is 0.661. The second kappa shape index (κ2) is 10.7. The van der Waals surface area contributed by atoms with Gasteiger partial charge in [0.1, 0.15) is 5.75 Å². The maximum absolute atomic E-state index is 13.1. The van der Waals surface area contributed by atoms with Crippen molar-refractivity contribution >= 4 is 11.8 Å². The lowest BCUT2D eigenvalue weighted by Crippen LogP contribution is -2.55. The van der Waals surface area contributed by atoms with Crippen molar-refractivity contribution in [1.29, 1.82) is 0 Å². The molecule has 186 valence electrons. The molecule has 6 heteroatoms. The third kappa shape index (κ3) is 4.84. The van der Waals surface area contributed by atoms with E-state index in [1.165, 1.54) is 32.1 Å². The summed E-state index contributed by atoms with van der Waals surface area (Å²) in [5.41, 5.74) is 0.660. The summed E-state index contributed by atoms with van der Waals surface area (Å²) < 4.78 is 5.40. The SMILES string of the molecule is COc1ccccc1C(=O)N1CCC(N2CCC(N3C(=O)CCC[C@@H]4CCCC[C@H]43)CC2)CC1. The van der Waals surface area contributed by atoms with Crippen LogP contribution < -0.4 is 4.74 Å². The second-order valence-corrected chi connectivity index (χ2v) is 10.8. The number of nitrogens with zero attached hydrogens (tertiary/aromatic N) is 3. The Morgan fingerprint density at radius 2 is 1.53 bits per heavy atom. The number of likely N-dealkylation sites (tertiary alicyclic amines) is 3. The average Bonchev–Trinajstić information content (AvgIpc) is 3.06. The molecule has 2 atom stereocenters. The van der Waals surface area contributed by atoms with Gasteiger partial charge < -0.3 is 19.4 Å². The Hall–Kier alpha value is -2.08. The largest absolute Gasteiger partial charge is 0.496 e. The van der Waals surface area contributed by atoms with Gasteiger partial charge in [0, 0.05) is 50.7 Å². The lowest BCUT2D eigenvalue weighted by molar-refractivity contribution is -0.138. The van der Waals surface area contributed by atoms with E-state index in [-0.39, 0.29) is 5.91 Å². The van der Waals surface area contributed by atoms with Crippen molar-refractivity contribution in [2.45, 2.75) is 88.8 Å². The predicted octanol–water partition coefficient (Wildman–Crippen LogP) is 4.34. The maximum atomic E-state index is 13.1. The van der Waals surface area contributed by atoms with Gasteiger partial charge in [0.05, 0.1) is 12.7 Å². The minimum Gasteiger partial charge on any atom is -0.496 e. The number of para-hydroxylation sites is 1. The van der Waals surface area contributed by atoms with Crippen LogP contribution in [0.15, 0.2) is 24.3 Å². The van der Waals surface area contributed by atoms with E-state index in [2.05, 4.69) is 9.80 Å². The lowest BCUT2D eigenvalue weighted by atomic mass is 9.81. The molecule has 4 fully saturated rings. The molecule has 0 radical (unpaired) electrons. The molecule has 34 heavy (non-hydrogen) atoms. The van der Waals surface area contributed by atoms with Crippen molar-refractivity contribution in [1.82, 2.24) is 14.7 Å². The highest BCUT2D eigenvalue weighted by molar-refractivity contribution is 5.97. The molecule has 1 saturated carbocycles. The zero-order valence-electron chi connectivity index (χ0n) is 20.8. The third-order valence-electron chi connectivity index (χ3n) is 8.98. The minimum absolute atomic E-state index is 0.0799. The summed E-state index contributed by atoms with van der Waals surface area (Å²) >= 11 is 0. The molecule has 1 aromatic carbocycles. The number of hydrogen-bond acceptors (Lipinski definition) is 4. The van der Waals surface area contributed by atoms with Gasteiger partial charge in [-0.2, -0.15) is 0 Å². The summed E-state index contributed by atoms with van der Waals surface area (Å²) in [7, 11) is 1.62. The normalized spacial score (nSPS) is 27.9. The Bertz CT molecular complexity index is 858. The smallest absolute Gasteiger partial charge is 0.257 e. The summed E-state index contributed by atoms with van der Waals surface area (Å²) in [6, 6.07) is 9.00. The molecule has 0 bridgehead atoms. The number of benzene rings is 1. The molecule has 0 aromatic heterocycles. The van der Waals surface area contributed by atoms with Crippen LogP contribution in [0, 0.1) is 5.92 Å². The number of methoxy groups -OCH3 is 1. The van der Waals surface area contributed by atoms with Gasteiger partial charge in [-0.25, -0.2) is 0 Å². The first-order valence-electron chi connectivity index (χ1n) is 13.6. The van der Waals surface area contributed by atoms with E-state index < -0.39 is 0 Å². The fraction of sp³-hybridized carbons (Fsp3) is 0.714. The molecule has 1 aliphatic carbocycles. The first kappa shape index (κ1) is 23.7.